The van der Waals surface area contributed by atoms with Crippen molar-refractivity contribution in [1.82, 2.24) is 0 Å². The maximum atomic E-state index is 12.7. The molecule has 0 saturated heterocycles. The highest BCUT2D eigenvalue weighted by atomic mass is 35.5. The predicted molar refractivity (Wildman–Crippen MR) is 127 cm³/mol. The molecule has 0 aromatic heterocycles. The standard InChI is InChI=1S/C10H13ClN2O3.C6H3ClFNO2.C4H11NO/c1-16-7-3-6-12-10-8(11)4-2-5-9(10)13(14)15;7-4-2-1-3-5(6(4)8)9(10)11;1-6-4-2-3-5/h2,4-5,12H,3,6-7H2,1H3;1-3H;2-5H2,1H3. The Kier molecular flexibility index (Phi) is 16.5. The third-order valence-corrected chi connectivity index (χ3v) is 4.30. The lowest BCUT2D eigenvalue weighted by Crippen LogP contribution is -2.07. The zero-order valence-electron chi connectivity index (χ0n) is 18.3. The molecule has 0 atom stereocenters. The molecule has 0 spiro atoms. The zero-order chi connectivity index (χ0) is 25.2. The van der Waals surface area contributed by atoms with Crippen molar-refractivity contribution in [2.45, 2.75) is 12.8 Å². The van der Waals surface area contributed by atoms with Crippen molar-refractivity contribution < 1.29 is 23.7 Å². The molecule has 0 heterocycles. The molecular formula is C20H27Cl2FN4O6. The molecule has 0 aliphatic rings. The van der Waals surface area contributed by atoms with Crippen LogP contribution in [0.25, 0.3) is 0 Å². The summed E-state index contributed by atoms with van der Waals surface area (Å²) in [5, 5.41) is 23.9. The van der Waals surface area contributed by atoms with Crippen LogP contribution < -0.4 is 11.1 Å². The Morgan fingerprint density at radius 1 is 0.939 bits per heavy atom. The van der Waals surface area contributed by atoms with Crippen LogP contribution in [0.4, 0.5) is 21.5 Å². The second-order valence-corrected chi connectivity index (χ2v) is 6.94. The van der Waals surface area contributed by atoms with Gasteiger partial charge in [-0.05, 0) is 31.5 Å². The van der Waals surface area contributed by atoms with Gasteiger partial charge >= 0.3 is 5.69 Å². The van der Waals surface area contributed by atoms with Gasteiger partial charge in [-0.15, -0.1) is 0 Å². The summed E-state index contributed by atoms with van der Waals surface area (Å²) in [5.74, 6) is -0.987. The number of benzene rings is 2. The molecule has 0 fully saturated rings. The summed E-state index contributed by atoms with van der Waals surface area (Å²) in [6.07, 6.45) is 1.73. The minimum atomic E-state index is -0.987. The number of ether oxygens (including phenoxy) is 2. The van der Waals surface area contributed by atoms with E-state index in [9.17, 15) is 24.6 Å². The number of nitrogens with two attached hydrogens (primary N) is 1. The third-order valence-electron chi connectivity index (χ3n) is 3.70. The summed E-state index contributed by atoms with van der Waals surface area (Å²) in [6, 6.07) is 8.23. The number of hydrogen-bond acceptors (Lipinski definition) is 8. The Balaban J connectivity index is 0.000000520. The van der Waals surface area contributed by atoms with E-state index in [1.807, 2.05) is 0 Å². The van der Waals surface area contributed by atoms with Gasteiger partial charge in [-0.2, -0.15) is 4.39 Å². The number of nitrogens with zero attached hydrogens (tertiary/aromatic N) is 2. The number of anilines is 1. The van der Waals surface area contributed by atoms with E-state index in [-0.39, 0.29) is 10.7 Å². The van der Waals surface area contributed by atoms with E-state index in [0.29, 0.717) is 23.9 Å². The van der Waals surface area contributed by atoms with Gasteiger partial charge in [0, 0.05) is 46.1 Å². The van der Waals surface area contributed by atoms with Crippen LogP contribution in [0.3, 0.4) is 0 Å². The van der Waals surface area contributed by atoms with Gasteiger partial charge in [-0.1, -0.05) is 35.3 Å². The largest absolute Gasteiger partial charge is 0.385 e. The highest BCUT2D eigenvalue weighted by molar-refractivity contribution is 6.33. The lowest BCUT2D eigenvalue weighted by molar-refractivity contribution is -0.387. The third kappa shape index (κ3) is 12.3. The average molecular weight is 509 g/mol. The Hall–Kier alpha value is -2.57. The van der Waals surface area contributed by atoms with E-state index in [2.05, 4.69) is 5.32 Å². The normalized spacial score (nSPS) is 9.76. The van der Waals surface area contributed by atoms with Crippen LogP contribution in [0, 0.1) is 26.0 Å². The molecule has 10 nitrogen and oxygen atoms in total. The van der Waals surface area contributed by atoms with Crippen molar-refractivity contribution >= 4 is 40.3 Å². The number of nitrogens with one attached hydrogen (secondary N) is 1. The van der Waals surface area contributed by atoms with Crippen molar-refractivity contribution in [2.75, 3.05) is 45.8 Å². The van der Waals surface area contributed by atoms with Crippen molar-refractivity contribution in [3.8, 4) is 0 Å². The lowest BCUT2D eigenvalue weighted by atomic mass is 10.2. The number of hydrogen-bond donors (Lipinski definition) is 2. The second-order valence-electron chi connectivity index (χ2n) is 6.13. The van der Waals surface area contributed by atoms with Crippen molar-refractivity contribution in [2.24, 2.45) is 5.73 Å². The van der Waals surface area contributed by atoms with Gasteiger partial charge in [0.2, 0.25) is 5.82 Å². The average Bonchev–Trinajstić information content (AvgIpc) is 2.78. The van der Waals surface area contributed by atoms with E-state index < -0.39 is 21.4 Å². The van der Waals surface area contributed by atoms with E-state index in [1.165, 1.54) is 18.2 Å². The van der Waals surface area contributed by atoms with Crippen LogP contribution in [-0.2, 0) is 9.47 Å². The molecule has 0 radical (unpaired) electrons. The Labute approximate surface area is 201 Å². The Morgan fingerprint density at radius 3 is 1.91 bits per heavy atom. The summed E-state index contributed by atoms with van der Waals surface area (Å²) in [4.78, 5) is 19.6. The Morgan fingerprint density at radius 2 is 1.45 bits per heavy atom. The van der Waals surface area contributed by atoms with Gasteiger partial charge < -0.3 is 20.5 Å². The molecule has 0 saturated carbocycles. The first-order valence-corrected chi connectivity index (χ1v) is 10.4. The fraction of sp³-hybridized carbons (Fsp3) is 0.400. The molecule has 2 rings (SSSR count). The second kappa shape index (κ2) is 17.9. The first-order chi connectivity index (χ1) is 15.7. The van der Waals surface area contributed by atoms with Crippen LogP contribution in [0.2, 0.25) is 10.0 Å². The molecule has 3 N–H and O–H groups in total. The van der Waals surface area contributed by atoms with Gasteiger partial charge in [-0.25, -0.2) is 0 Å². The van der Waals surface area contributed by atoms with Crippen molar-refractivity contribution in [1.29, 1.82) is 0 Å². The van der Waals surface area contributed by atoms with Crippen LogP contribution in [-0.4, -0.2) is 50.4 Å². The molecule has 33 heavy (non-hydrogen) atoms. The molecule has 184 valence electrons. The fourth-order valence-corrected chi connectivity index (χ4v) is 2.54. The first-order valence-electron chi connectivity index (χ1n) is 9.64. The quantitative estimate of drug-likeness (QED) is 0.257. The monoisotopic (exact) mass is 508 g/mol. The number of nitro benzene ring substituents is 2. The van der Waals surface area contributed by atoms with Gasteiger partial charge in [0.25, 0.3) is 5.69 Å². The topological polar surface area (TPSA) is 143 Å². The molecule has 2 aromatic rings. The number of para-hydroxylation sites is 1. The minimum absolute atomic E-state index is 0.00934. The van der Waals surface area contributed by atoms with Crippen LogP contribution >= 0.6 is 23.2 Å². The maximum absolute atomic E-state index is 12.7. The predicted octanol–water partition coefficient (Wildman–Crippen LogP) is 5.07. The zero-order valence-corrected chi connectivity index (χ0v) is 19.8. The Bertz CT molecular complexity index is 872. The minimum Gasteiger partial charge on any atom is -0.385 e. The fourth-order valence-electron chi connectivity index (χ4n) is 2.13. The molecule has 0 bridgehead atoms. The number of rotatable bonds is 10. The van der Waals surface area contributed by atoms with Crippen LogP contribution in [0.15, 0.2) is 36.4 Å². The summed E-state index contributed by atoms with van der Waals surface area (Å²) in [6.45, 7) is 2.70. The van der Waals surface area contributed by atoms with Gasteiger partial charge in [0.15, 0.2) is 0 Å². The van der Waals surface area contributed by atoms with Gasteiger partial charge in [0.1, 0.15) is 5.69 Å². The highest BCUT2D eigenvalue weighted by Crippen LogP contribution is 2.31. The molecule has 0 amide bonds. The van der Waals surface area contributed by atoms with Crippen molar-refractivity contribution in [3.63, 3.8) is 0 Å². The SMILES string of the molecule is COCCCN.COCCCNc1c(Cl)cccc1[N+](=O)[O-].O=[N+]([O-])c1cccc(Cl)c1F. The molecular weight excluding hydrogens is 482 g/mol. The number of halogens is 3. The van der Waals surface area contributed by atoms with Crippen molar-refractivity contribution in [3.05, 3.63) is 72.5 Å². The number of methoxy groups -OCH3 is 2. The molecule has 13 heteroatoms. The maximum Gasteiger partial charge on any atom is 0.306 e. The smallest absolute Gasteiger partial charge is 0.306 e. The number of nitro groups is 2. The van der Waals surface area contributed by atoms with Crippen LogP contribution in [0.5, 0.6) is 0 Å². The van der Waals surface area contributed by atoms with E-state index in [1.54, 1.807) is 26.4 Å². The molecule has 0 aliphatic carbocycles. The van der Waals surface area contributed by atoms with E-state index >= 15 is 0 Å². The highest BCUT2D eigenvalue weighted by Gasteiger charge is 2.16. The van der Waals surface area contributed by atoms with E-state index in [4.69, 9.17) is 38.4 Å². The summed E-state index contributed by atoms with van der Waals surface area (Å²) in [5.41, 5.74) is 4.89. The summed E-state index contributed by atoms with van der Waals surface area (Å²) < 4.78 is 22.3. The van der Waals surface area contributed by atoms with Gasteiger partial charge in [-0.3, -0.25) is 20.2 Å². The first kappa shape index (κ1) is 30.4. The molecule has 0 unspecified atom stereocenters. The summed E-state index contributed by atoms with van der Waals surface area (Å²) in [7, 11) is 3.29. The lowest BCUT2D eigenvalue weighted by Gasteiger charge is -2.08. The van der Waals surface area contributed by atoms with Gasteiger partial charge in [0.05, 0.1) is 19.9 Å². The summed E-state index contributed by atoms with van der Waals surface area (Å²) >= 11 is 11.2. The van der Waals surface area contributed by atoms with Crippen LogP contribution in [0.1, 0.15) is 12.8 Å². The van der Waals surface area contributed by atoms with E-state index in [0.717, 1.165) is 32.1 Å². The molecule has 2 aromatic carbocycles. The molecule has 0 aliphatic heterocycles.